The van der Waals surface area contributed by atoms with Gasteiger partial charge < -0.3 is 5.11 Å². The summed E-state index contributed by atoms with van der Waals surface area (Å²) in [6.45, 7) is -1.06. The van der Waals surface area contributed by atoms with Crippen molar-refractivity contribution in [3.05, 3.63) is 41.7 Å². The number of halogens is 4. The number of benzene rings is 1. The van der Waals surface area contributed by atoms with Gasteiger partial charge in [-0.05, 0) is 23.8 Å². The normalized spacial score (nSPS) is 12.0. The summed E-state index contributed by atoms with van der Waals surface area (Å²) in [6, 6.07) is 2.72. The van der Waals surface area contributed by atoms with Crippen LogP contribution < -0.4 is 0 Å². The maximum Gasteiger partial charge on any atom is 0.416 e. The second-order valence-corrected chi connectivity index (χ2v) is 4.25. The van der Waals surface area contributed by atoms with E-state index >= 15 is 0 Å². The molecule has 0 aliphatic rings. The molecular weight excluding hydrogens is 306 g/mol. The van der Waals surface area contributed by atoms with E-state index in [0.717, 1.165) is 29.4 Å². The molecule has 0 unspecified atom stereocenters. The molecule has 22 heavy (non-hydrogen) atoms. The first-order valence-corrected chi connectivity index (χ1v) is 5.89. The van der Waals surface area contributed by atoms with Gasteiger partial charge in [0.25, 0.3) is 0 Å². The first kappa shape index (κ1) is 15.7. The van der Waals surface area contributed by atoms with E-state index in [-0.39, 0.29) is 17.0 Å². The molecule has 0 radical (unpaired) electrons. The predicted octanol–water partition coefficient (Wildman–Crippen LogP) is 2.99. The highest BCUT2D eigenvalue weighted by molar-refractivity contribution is 5.82. The lowest BCUT2D eigenvalue weighted by molar-refractivity contribution is -0.137. The van der Waals surface area contributed by atoms with Gasteiger partial charge in [0.1, 0.15) is 13.0 Å². The summed E-state index contributed by atoms with van der Waals surface area (Å²) in [5.74, 6) is -1.29. The molecule has 5 nitrogen and oxygen atoms in total. The Balaban J connectivity index is 2.42. The Hall–Kier alpha value is -2.71. The molecule has 1 aromatic heterocycles. The van der Waals surface area contributed by atoms with E-state index in [0.29, 0.717) is 6.07 Å². The van der Waals surface area contributed by atoms with Crippen molar-refractivity contribution in [2.24, 2.45) is 0 Å². The molecule has 0 saturated carbocycles. The average molecular weight is 315 g/mol. The molecule has 1 heterocycles. The van der Waals surface area contributed by atoms with E-state index < -0.39 is 24.4 Å². The lowest BCUT2D eigenvalue weighted by Gasteiger charge is -2.09. The molecular formula is C13H9F4N3O2. The number of nitrogens with zero attached hydrogens (tertiary/aromatic N) is 3. The van der Waals surface area contributed by atoms with Crippen molar-refractivity contribution < 1.29 is 27.5 Å². The quantitative estimate of drug-likeness (QED) is 0.696. The summed E-state index contributed by atoms with van der Waals surface area (Å²) < 4.78 is 52.1. The Labute approximate surface area is 121 Å². The van der Waals surface area contributed by atoms with Gasteiger partial charge in [0.2, 0.25) is 0 Å². The molecule has 2 aromatic rings. The van der Waals surface area contributed by atoms with Crippen molar-refractivity contribution in [3.8, 4) is 11.4 Å². The van der Waals surface area contributed by atoms with Crippen LogP contribution in [-0.2, 0) is 17.6 Å². The molecule has 0 atom stereocenters. The average Bonchev–Trinajstić information content (AvgIpc) is 2.92. The number of carboxylic acids is 1. The van der Waals surface area contributed by atoms with E-state index in [1.54, 1.807) is 0 Å². The van der Waals surface area contributed by atoms with E-state index in [2.05, 4.69) is 10.1 Å². The fraction of sp³-hybridized carbons (Fsp3) is 0.154. The molecule has 0 aliphatic carbocycles. The Bertz CT molecular complexity index is 722. The van der Waals surface area contributed by atoms with Crippen LogP contribution in [0.2, 0.25) is 0 Å². The predicted molar refractivity (Wildman–Crippen MR) is 68.2 cm³/mol. The van der Waals surface area contributed by atoms with E-state index in [4.69, 9.17) is 5.11 Å². The zero-order valence-electron chi connectivity index (χ0n) is 10.9. The summed E-state index contributed by atoms with van der Waals surface area (Å²) in [5.41, 5.74) is -1.16. The highest BCUT2D eigenvalue weighted by atomic mass is 19.4. The molecule has 2 rings (SSSR count). The molecule has 0 spiro atoms. The van der Waals surface area contributed by atoms with Gasteiger partial charge in [-0.15, -0.1) is 5.10 Å². The van der Waals surface area contributed by atoms with Crippen LogP contribution in [0.5, 0.6) is 0 Å². The lowest BCUT2D eigenvalue weighted by Crippen LogP contribution is -2.06. The van der Waals surface area contributed by atoms with Gasteiger partial charge in [-0.25, -0.2) is 18.9 Å². The lowest BCUT2D eigenvalue weighted by atomic mass is 10.1. The monoisotopic (exact) mass is 315 g/mol. The maximum atomic E-state index is 12.8. The fourth-order valence-corrected chi connectivity index (χ4v) is 1.68. The third kappa shape index (κ3) is 3.68. The standard InChI is InChI=1S/C13H9F4N3O2/c14-6-8-3-9(5-10(4-8)13(15,16)17)12-18-7-20(19-12)2-1-11(21)22/h1-5,7H,6H2,(H,21,22)/b2-1-. The smallest absolute Gasteiger partial charge is 0.416 e. The first-order valence-electron chi connectivity index (χ1n) is 5.89. The number of carbonyl (C=O) groups is 1. The van der Waals surface area contributed by atoms with Gasteiger partial charge >= 0.3 is 12.1 Å². The topological polar surface area (TPSA) is 68.0 Å². The molecule has 116 valence electrons. The first-order chi connectivity index (χ1) is 10.3. The zero-order chi connectivity index (χ0) is 16.3. The van der Waals surface area contributed by atoms with Gasteiger partial charge in [-0.3, -0.25) is 0 Å². The van der Waals surface area contributed by atoms with Crippen LogP contribution in [-0.4, -0.2) is 25.8 Å². The van der Waals surface area contributed by atoms with Gasteiger partial charge in [0.15, 0.2) is 5.82 Å². The van der Waals surface area contributed by atoms with Gasteiger partial charge in [-0.2, -0.15) is 13.2 Å². The van der Waals surface area contributed by atoms with E-state index in [1.165, 1.54) is 6.07 Å². The Morgan fingerprint density at radius 2 is 2.05 bits per heavy atom. The van der Waals surface area contributed by atoms with Crippen LogP contribution in [0.15, 0.2) is 30.6 Å². The second kappa shape index (κ2) is 5.96. The molecule has 0 bridgehead atoms. The van der Waals surface area contributed by atoms with Crippen LogP contribution in [0, 0.1) is 0 Å². The van der Waals surface area contributed by atoms with Crippen LogP contribution in [0.3, 0.4) is 0 Å². The van der Waals surface area contributed by atoms with Crippen molar-refractivity contribution >= 4 is 12.2 Å². The highest BCUT2D eigenvalue weighted by Crippen LogP contribution is 2.32. The molecule has 1 N–H and O–H groups in total. The van der Waals surface area contributed by atoms with Crippen LogP contribution in [0.4, 0.5) is 17.6 Å². The minimum absolute atomic E-state index is 0.00931. The van der Waals surface area contributed by atoms with Crippen molar-refractivity contribution in [2.45, 2.75) is 12.9 Å². The third-order valence-electron chi connectivity index (χ3n) is 2.61. The molecule has 0 aliphatic heterocycles. The summed E-state index contributed by atoms with van der Waals surface area (Å²) in [7, 11) is 0. The second-order valence-electron chi connectivity index (χ2n) is 4.25. The molecule has 0 saturated heterocycles. The third-order valence-corrected chi connectivity index (χ3v) is 2.61. The number of hydrogen-bond acceptors (Lipinski definition) is 3. The largest absolute Gasteiger partial charge is 0.478 e. The van der Waals surface area contributed by atoms with Crippen molar-refractivity contribution in [2.75, 3.05) is 0 Å². The fourth-order valence-electron chi connectivity index (χ4n) is 1.68. The summed E-state index contributed by atoms with van der Waals surface area (Å²) in [4.78, 5) is 14.2. The molecule has 1 aromatic carbocycles. The van der Waals surface area contributed by atoms with Crippen LogP contribution in [0.1, 0.15) is 11.1 Å². The minimum Gasteiger partial charge on any atom is -0.478 e. The SMILES string of the molecule is O=C(O)/C=C\n1cnc(-c2cc(CF)cc(C(F)(F)F)c2)n1. The van der Waals surface area contributed by atoms with E-state index in [9.17, 15) is 22.4 Å². The van der Waals surface area contributed by atoms with Crippen molar-refractivity contribution in [3.63, 3.8) is 0 Å². The Kier molecular flexibility index (Phi) is 4.25. The highest BCUT2D eigenvalue weighted by Gasteiger charge is 2.31. The molecule has 9 heteroatoms. The van der Waals surface area contributed by atoms with Crippen molar-refractivity contribution in [1.82, 2.24) is 14.8 Å². The Morgan fingerprint density at radius 3 is 2.64 bits per heavy atom. The van der Waals surface area contributed by atoms with Gasteiger partial charge in [0.05, 0.1) is 5.56 Å². The van der Waals surface area contributed by atoms with Gasteiger partial charge in [0, 0.05) is 17.8 Å². The number of rotatable bonds is 4. The summed E-state index contributed by atoms with van der Waals surface area (Å²) in [6.07, 6.45) is -1.63. The Morgan fingerprint density at radius 1 is 1.32 bits per heavy atom. The number of hydrogen-bond donors (Lipinski definition) is 1. The zero-order valence-corrected chi connectivity index (χ0v) is 10.9. The maximum absolute atomic E-state index is 12.8. The summed E-state index contributed by atoms with van der Waals surface area (Å²) in [5, 5.41) is 12.3. The molecule has 0 amide bonds. The van der Waals surface area contributed by atoms with E-state index in [1.807, 2.05) is 0 Å². The van der Waals surface area contributed by atoms with Crippen LogP contribution >= 0.6 is 0 Å². The summed E-state index contributed by atoms with van der Waals surface area (Å²) >= 11 is 0. The number of alkyl halides is 4. The van der Waals surface area contributed by atoms with Crippen LogP contribution in [0.25, 0.3) is 17.6 Å². The molecule has 0 fully saturated rings. The minimum atomic E-state index is -4.62. The number of aliphatic carboxylic acids is 1. The van der Waals surface area contributed by atoms with Crippen molar-refractivity contribution in [1.29, 1.82) is 0 Å². The van der Waals surface area contributed by atoms with Gasteiger partial charge in [-0.1, -0.05) is 0 Å². The number of aromatic nitrogens is 3. The number of carboxylic acid groups (broad SMARTS) is 1.